The first-order chi connectivity index (χ1) is 9.81. The molecule has 2 aliphatic rings. The Hall–Kier alpha value is -0.560. The minimum Gasteiger partial charge on any atom is -0.390 e. The quantitative estimate of drug-likeness (QED) is 0.678. The molecule has 0 saturated heterocycles. The number of hydrogen-bond donors (Lipinski definition) is 1. The van der Waals surface area contributed by atoms with Crippen molar-refractivity contribution >= 4 is 0 Å². The molecule has 0 aromatic rings. The smallest absolute Gasteiger partial charge is 0.0653 e. The highest BCUT2D eigenvalue weighted by atomic mass is 16.3. The average Bonchev–Trinajstić information content (AvgIpc) is 2.37. The first kappa shape index (κ1) is 16.8. The molecule has 0 aromatic heterocycles. The predicted molar refractivity (Wildman–Crippen MR) is 91.1 cm³/mol. The summed E-state index contributed by atoms with van der Waals surface area (Å²) in [7, 11) is 0. The summed E-state index contributed by atoms with van der Waals surface area (Å²) in [6.45, 7) is 11.1. The Morgan fingerprint density at radius 2 is 2.14 bits per heavy atom. The van der Waals surface area contributed by atoms with Crippen molar-refractivity contribution in [2.24, 2.45) is 23.7 Å². The molecule has 2 rings (SSSR count). The normalized spacial score (nSPS) is 37.4. The summed E-state index contributed by atoms with van der Waals surface area (Å²) in [6.07, 6.45) is 11.9. The number of allylic oxidation sites excluding steroid dienone is 4. The van der Waals surface area contributed by atoms with Crippen LogP contribution >= 0.6 is 0 Å². The van der Waals surface area contributed by atoms with Gasteiger partial charge in [-0.15, -0.1) is 0 Å². The Morgan fingerprint density at radius 3 is 2.81 bits per heavy atom. The lowest BCUT2D eigenvalue weighted by atomic mass is 9.58. The summed E-state index contributed by atoms with van der Waals surface area (Å²) < 4.78 is 0. The molecule has 21 heavy (non-hydrogen) atoms. The molecule has 0 unspecified atom stereocenters. The molecule has 0 bridgehead atoms. The van der Waals surface area contributed by atoms with Crippen LogP contribution in [0.3, 0.4) is 0 Å². The van der Waals surface area contributed by atoms with Crippen molar-refractivity contribution in [1.29, 1.82) is 0 Å². The highest BCUT2D eigenvalue weighted by Gasteiger charge is 2.46. The van der Waals surface area contributed by atoms with Crippen molar-refractivity contribution in [2.45, 2.75) is 78.7 Å². The van der Waals surface area contributed by atoms with Crippen LogP contribution < -0.4 is 0 Å². The van der Waals surface area contributed by atoms with Crippen LogP contribution in [0, 0.1) is 23.7 Å². The first-order valence-electron chi connectivity index (χ1n) is 8.84. The van der Waals surface area contributed by atoms with E-state index in [-0.39, 0.29) is 0 Å². The molecule has 1 nitrogen and oxygen atoms in total. The molecule has 1 heteroatoms. The molecule has 5 atom stereocenters. The largest absolute Gasteiger partial charge is 0.390 e. The molecular formula is C20H34O. The summed E-state index contributed by atoms with van der Waals surface area (Å²) in [6, 6.07) is 0. The molecule has 2 aliphatic carbocycles. The van der Waals surface area contributed by atoms with Crippen LogP contribution in [-0.4, -0.2) is 10.7 Å². The van der Waals surface area contributed by atoms with Gasteiger partial charge in [-0.05, 0) is 89.9 Å². The molecule has 0 radical (unpaired) electrons. The third-order valence-corrected chi connectivity index (χ3v) is 5.97. The lowest BCUT2D eigenvalue weighted by Crippen LogP contribution is -2.48. The monoisotopic (exact) mass is 290 g/mol. The lowest BCUT2D eigenvalue weighted by molar-refractivity contribution is -0.0823. The summed E-state index contributed by atoms with van der Waals surface area (Å²) in [5.41, 5.74) is 2.52. The minimum atomic E-state index is -0.446. The molecule has 0 spiro atoms. The molecule has 0 heterocycles. The number of rotatable bonds is 4. The van der Waals surface area contributed by atoms with Crippen molar-refractivity contribution < 1.29 is 5.11 Å². The van der Waals surface area contributed by atoms with Crippen LogP contribution in [-0.2, 0) is 0 Å². The van der Waals surface area contributed by atoms with Crippen LogP contribution in [0.15, 0.2) is 23.3 Å². The van der Waals surface area contributed by atoms with Crippen molar-refractivity contribution in [1.82, 2.24) is 0 Å². The zero-order valence-corrected chi connectivity index (χ0v) is 14.7. The summed E-state index contributed by atoms with van der Waals surface area (Å²) in [5.74, 6) is 2.59. The van der Waals surface area contributed by atoms with E-state index >= 15 is 0 Å². The van der Waals surface area contributed by atoms with Gasteiger partial charge in [0.25, 0.3) is 0 Å². The van der Waals surface area contributed by atoms with Crippen molar-refractivity contribution in [2.75, 3.05) is 0 Å². The fourth-order valence-corrected chi connectivity index (χ4v) is 4.60. The standard InChI is InChI=1S/C20H34O/c1-14(2)7-6-8-16(4)17-11-12-20(5,21)19-10-9-15(3)13-18(17)19/h7,13,16-19,21H,6,8-12H2,1-5H3/t16-,17+,18-,19+,20-/m1/s1. The van der Waals surface area contributed by atoms with Gasteiger partial charge < -0.3 is 5.11 Å². The van der Waals surface area contributed by atoms with Gasteiger partial charge in [-0.1, -0.05) is 30.2 Å². The fraction of sp³-hybridized carbons (Fsp3) is 0.800. The summed E-state index contributed by atoms with van der Waals surface area (Å²) >= 11 is 0. The van der Waals surface area contributed by atoms with E-state index in [2.05, 4.69) is 46.8 Å². The van der Waals surface area contributed by atoms with Gasteiger partial charge in [0.05, 0.1) is 5.60 Å². The Labute approximate surface area is 131 Å². The van der Waals surface area contributed by atoms with E-state index in [1.54, 1.807) is 0 Å². The van der Waals surface area contributed by atoms with E-state index in [0.29, 0.717) is 11.8 Å². The summed E-state index contributed by atoms with van der Waals surface area (Å²) in [5, 5.41) is 10.8. The topological polar surface area (TPSA) is 20.2 Å². The van der Waals surface area contributed by atoms with Gasteiger partial charge in [0.15, 0.2) is 0 Å². The number of aliphatic hydroxyl groups is 1. The van der Waals surface area contributed by atoms with E-state index in [9.17, 15) is 5.11 Å². The molecule has 0 amide bonds. The van der Waals surface area contributed by atoms with Gasteiger partial charge in [-0.3, -0.25) is 0 Å². The zero-order valence-electron chi connectivity index (χ0n) is 14.7. The molecule has 1 N–H and O–H groups in total. The molecule has 0 aromatic carbocycles. The van der Waals surface area contributed by atoms with E-state index in [4.69, 9.17) is 0 Å². The van der Waals surface area contributed by atoms with E-state index in [1.807, 2.05) is 0 Å². The second kappa shape index (κ2) is 6.69. The maximum absolute atomic E-state index is 10.8. The van der Waals surface area contributed by atoms with Gasteiger partial charge in [-0.2, -0.15) is 0 Å². The number of fused-ring (bicyclic) bond motifs is 1. The highest BCUT2D eigenvalue weighted by Crippen LogP contribution is 2.50. The fourth-order valence-electron chi connectivity index (χ4n) is 4.60. The molecule has 1 fully saturated rings. The second-order valence-electron chi connectivity index (χ2n) is 8.13. The third kappa shape index (κ3) is 4.00. The molecular weight excluding hydrogens is 256 g/mol. The van der Waals surface area contributed by atoms with Crippen LogP contribution in [0.2, 0.25) is 0 Å². The van der Waals surface area contributed by atoms with Crippen LogP contribution in [0.5, 0.6) is 0 Å². The van der Waals surface area contributed by atoms with Gasteiger partial charge in [0.1, 0.15) is 0 Å². The molecule has 120 valence electrons. The second-order valence-corrected chi connectivity index (χ2v) is 8.13. The Morgan fingerprint density at radius 1 is 1.43 bits per heavy atom. The SMILES string of the molecule is CC(C)=CCC[C@@H](C)[C@@H]1CC[C@@](C)(O)[C@H]2CCC(C)=C[C@H]12. The van der Waals surface area contributed by atoms with Crippen molar-refractivity contribution in [3.63, 3.8) is 0 Å². The van der Waals surface area contributed by atoms with Crippen LogP contribution in [0.1, 0.15) is 73.1 Å². The van der Waals surface area contributed by atoms with E-state index in [0.717, 1.165) is 18.3 Å². The molecule has 0 aliphatic heterocycles. The molecule has 1 saturated carbocycles. The first-order valence-corrected chi connectivity index (χ1v) is 8.84. The predicted octanol–water partition coefficient (Wildman–Crippen LogP) is 5.50. The van der Waals surface area contributed by atoms with E-state index in [1.165, 1.54) is 43.3 Å². The maximum Gasteiger partial charge on any atom is 0.0653 e. The Balaban J connectivity index is 2.08. The average molecular weight is 290 g/mol. The van der Waals surface area contributed by atoms with Gasteiger partial charge in [-0.25, -0.2) is 0 Å². The third-order valence-electron chi connectivity index (χ3n) is 5.97. The Kier molecular flexibility index (Phi) is 5.35. The highest BCUT2D eigenvalue weighted by molar-refractivity contribution is 5.13. The summed E-state index contributed by atoms with van der Waals surface area (Å²) in [4.78, 5) is 0. The van der Waals surface area contributed by atoms with Crippen LogP contribution in [0.4, 0.5) is 0 Å². The van der Waals surface area contributed by atoms with Gasteiger partial charge >= 0.3 is 0 Å². The van der Waals surface area contributed by atoms with Crippen molar-refractivity contribution in [3.8, 4) is 0 Å². The number of hydrogen-bond acceptors (Lipinski definition) is 1. The maximum atomic E-state index is 10.8. The van der Waals surface area contributed by atoms with Gasteiger partial charge in [0.2, 0.25) is 0 Å². The van der Waals surface area contributed by atoms with Crippen LogP contribution in [0.25, 0.3) is 0 Å². The van der Waals surface area contributed by atoms with E-state index < -0.39 is 5.60 Å². The minimum absolute atomic E-state index is 0.446. The van der Waals surface area contributed by atoms with Crippen molar-refractivity contribution in [3.05, 3.63) is 23.3 Å². The zero-order chi connectivity index (χ0) is 15.6. The Bertz CT molecular complexity index is 412. The van der Waals surface area contributed by atoms with Gasteiger partial charge in [0, 0.05) is 0 Å². The lowest BCUT2D eigenvalue weighted by Gasteiger charge is -2.50.